The highest BCUT2D eigenvalue weighted by Crippen LogP contribution is 2.27. The number of hydrogen-bond donors (Lipinski definition) is 2. The number of ether oxygens (including phenoxy) is 1. The predicted octanol–water partition coefficient (Wildman–Crippen LogP) is 4.23. The number of anilines is 1. The molecular formula is C23H23N5O3S2. The molecule has 0 atom stereocenters. The molecule has 2 aromatic heterocycles. The molecule has 0 saturated carbocycles. The van der Waals surface area contributed by atoms with Gasteiger partial charge < -0.3 is 19.6 Å². The number of fused-ring (bicyclic) bond motifs is 1. The minimum absolute atomic E-state index is 0.183. The first kappa shape index (κ1) is 23.0. The van der Waals surface area contributed by atoms with Crippen molar-refractivity contribution >= 4 is 46.5 Å². The number of hydrogen-bond acceptors (Lipinski definition) is 6. The molecule has 2 aromatic carbocycles. The predicted molar refractivity (Wildman–Crippen MR) is 132 cm³/mol. The van der Waals surface area contributed by atoms with Gasteiger partial charge in [0.25, 0.3) is 11.5 Å². The van der Waals surface area contributed by atoms with E-state index in [4.69, 9.17) is 17.0 Å². The maximum absolute atomic E-state index is 12.8. The van der Waals surface area contributed by atoms with E-state index in [-0.39, 0.29) is 11.5 Å². The number of methoxy groups -OCH3 is 1. The van der Waals surface area contributed by atoms with Crippen LogP contribution in [0.4, 0.5) is 5.69 Å². The number of aryl methyl sites for hydroxylation is 1. The maximum atomic E-state index is 12.8. The number of imidazole rings is 1. The zero-order valence-electron chi connectivity index (χ0n) is 18.2. The summed E-state index contributed by atoms with van der Waals surface area (Å²) in [4.78, 5) is 34.0. The second-order valence-corrected chi connectivity index (χ2v) is 8.82. The summed E-state index contributed by atoms with van der Waals surface area (Å²) in [6, 6.07) is 12.5. The topological polar surface area (TPSA) is 93.9 Å². The lowest BCUT2D eigenvalue weighted by molar-refractivity contribution is 0.102. The molecule has 33 heavy (non-hydrogen) atoms. The van der Waals surface area contributed by atoms with Gasteiger partial charge in [0.15, 0.2) is 9.93 Å². The van der Waals surface area contributed by atoms with Crippen LogP contribution in [0.3, 0.4) is 0 Å². The lowest BCUT2D eigenvalue weighted by Crippen LogP contribution is -2.23. The van der Waals surface area contributed by atoms with E-state index in [0.717, 1.165) is 10.1 Å². The summed E-state index contributed by atoms with van der Waals surface area (Å²) in [5.41, 5.74) is 1.45. The van der Waals surface area contributed by atoms with Gasteiger partial charge in [0.1, 0.15) is 0 Å². The second kappa shape index (κ2) is 10.2. The fourth-order valence-electron chi connectivity index (χ4n) is 3.33. The summed E-state index contributed by atoms with van der Waals surface area (Å²) in [5, 5.41) is 4.26. The molecule has 10 heteroatoms. The number of carbonyl (C=O) groups is 1. The Morgan fingerprint density at radius 2 is 2.03 bits per heavy atom. The first-order chi connectivity index (χ1) is 16.0. The van der Waals surface area contributed by atoms with Gasteiger partial charge in [0.05, 0.1) is 10.9 Å². The number of carbonyl (C=O) groups excluding carboxylic acids is 1. The Balaban J connectivity index is 1.50. The van der Waals surface area contributed by atoms with E-state index in [1.807, 2.05) is 42.1 Å². The molecule has 0 aliphatic rings. The summed E-state index contributed by atoms with van der Waals surface area (Å²) >= 11 is 6.89. The third-order valence-corrected chi connectivity index (χ3v) is 6.48. The normalized spacial score (nSPS) is 11.1. The second-order valence-electron chi connectivity index (χ2n) is 7.39. The van der Waals surface area contributed by atoms with Gasteiger partial charge in [-0.3, -0.25) is 14.2 Å². The van der Waals surface area contributed by atoms with E-state index in [0.29, 0.717) is 46.5 Å². The van der Waals surface area contributed by atoms with Crippen molar-refractivity contribution in [2.75, 3.05) is 19.0 Å². The Hall–Kier alpha value is -3.21. The quantitative estimate of drug-likeness (QED) is 0.289. The van der Waals surface area contributed by atoms with E-state index in [2.05, 4.69) is 15.3 Å². The fraction of sp³-hybridized carbons (Fsp3) is 0.217. The Bertz CT molecular complexity index is 1410. The number of aromatic nitrogens is 4. The highest BCUT2D eigenvalue weighted by atomic mass is 32.2. The molecule has 2 heterocycles. The van der Waals surface area contributed by atoms with Crippen LogP contribution in [-0.2, 0) is 18.3 Å². The summed E-state index contributed by atoms with van der Waals surface area (Å²) in [6.45, 7) is 1.01. The molecule has 4 rings (SSSR count). The van der Waals surface area contributed by atoms with Gasteiger partial charge in [0.2, 0.25) is 0 Å². The molecule has 170 valence electrons. The third kappa shape index (κ3) is 5.24. The molecule has 0 aliphatic heterocycles. The van der Waals surface area contributed by atoms with Gasteiger partial charge in [-0.15, -0.1) is 0 Å². The third-order valence-electron chi connectivity index (χ3n) is 5.07. The van der Waals surface area contributed by atoms with Gasteiger partial charge in [-0.2, -0.15) is 0 Å². The Morgan fingerprint density at radius 3 is 2.73 bits per heavy atom. The number of H-pyrrole nitrogens is 1. The van der Waals surface area contributed by atoms with Crippen molar-refractivity contribution in [2.45, 2.75) is 23.0 Å². The van der Waals surface area contributed by atoms with Crippen molar-refractivity contribution in [2.24, 2.45) is 7.05 Å². The number of nitrogens with one attached hydrogen (secondary N) is 2. The van der Waals surface area contributed by atoms with Crippen LogP contribution >= 0.6 is 24.0 Å². The standard InChI is InChI=1S/C23H23N5O3S2/c1-27-12-10-24-23(27)33-17-7-5-16(6-8-17)25-20(29)15-4-9-18-19(14-15)26-22(32)28(21(18)30)11-3-13-31-2/h4-10,12,14H,3,11,13H2,1-2H3,(H,25,29)(H,26,32). The monoisotopic (exact) mass is 481 g/mol. The number of aromatic amines is 1. The molecule has 0 unspecified atom stereocenters. The molecule has 8 nitrogen and oxygen atoms in total. The van der Waals surface area contributed by atoms with Crippen molar-refractivity contribution < 1.29 is 9.53 Å². The van der Waals surface area contributed by atoms with Crippen LogP contribution in [0, 0.1) is 4.77 Å². The van der Waals surface area contributed by atoms with Crippen molar-refractivity contribution in [3.63, 3.8) is 0 Å². The van der Waals surface area contributed by atoms with Crippen molar-refractivity contribution in [1.82, 2.24) is 19.1 Å². The van der Waals surface area contributed by atoms with Crippen LogP contribution in [0.15, 0.2) is 69.7 Å². The molecule has 0 fully saturated rings. The van der Waals surface area contributed by atoms with Crippen LogP contribution in [-0.4, -0.2) is 38.7 Å². The summed E-state index contributed by atoms with van der Waals surface area (Å²) in [7, 11) is 3.56. The zero-order chi connectivity index (χ0) is 23.4. The molecule has 4 aromatic rings. The Labute approximate surface area is 199 Å². The minimum Gasteiger partial charge on any atom is -0.385 e. The summed E-state index contributed by atoms with van der Waals surface area (Å²) in [6.07, 6.45) is 4.33. The largest absolute Gasteiger partial charge is 0.385 e. The van der Waals surface area contributed by atoms with Gasteiger partial charge in [-0.1, -0.05) is 11.8 Å². The SMILES string of the molecule is COCCCn1c(=S)[nH]c2cc(C(=O)Nc3ccc(Sc4nccn4C)cc3)ccc2c1=O. The minimum atomic E-state index is -0.273. The lowest BCUT2D eigenvalue weighted by Gasteiger charge is -2.10. The average molecular weight is 482 g/mol. The average Bonchev–Trinajstić information content (AvgIpc) is 3.21. The zero-order valence-corrected chi connectivity index (χ0v) is 19.8. The molecule has 0 bridgehead atoms. The van der Waals surface area contributed by atoms with Crippen LogP contribution < -0.4 is 10.9 Å². The first-order valence-corrected chi connectivity index (χ1v) is 11.5. The van der Waals surface area contributed by atoms with Crippen LogP contribution in [0.25, 0.3) is 10.9 Å². The highest BCUT2D eigenvalue weighted by Gasteiger charge is 2.11. The maximum Gasteiger partial charge on any atom is 0.262 e. The number of benzene rings is 2. The van der Waals surface area contributed by atoms with E-state index in [9.17, 15) is 9.59 Å². The van der Waals surface area contributed by atoms with Crippen molar-refractivity contribution in [3.05, 3.63) is 75.5 Å². The number of amides is 1. The van der Waals surface area contributed by atoms with Crippen LogP contribution in [0.5, 0.6) is 0 Å². The van der Waals surface area contributed by atoms with Gasteiger partial charge in [-0.05, 0) is 61.1 Å². The van der Waals surface area contributed by atoms with Crippen molar-refractivity contribution in [1.29, 1.82) is 0 Å². The summed E-state index contributed by atoms with van der Waals surface area (Å²) < 4.78 is 8.83. The molecule has 1 amide bonds. The fourth-order valence-corrected chi connectivity index (χ4v) is 4.42. The smallest absolute Gasteiger partial charge is 0.262 e. The molecule has 0 radical (unpaired) electrons. The van der Waals surface area contributed by atoms with E-state index >= 15 is 0 Å². The van der Waals surface area contributed by atoms with Gasteiger partial charge >= 0.3 is 0 Å². The molecule has 0 aliphatic carbocycles. The van der Waals surface area contributed by atoms with Crippen LogP contribution in [0.1, 0.15) is 16.8 Å². The Kier molecular flexibility index (Phi) is 7.07. The highest BCUT2D eigenvalue weighted by molar-refractivity contribution is 7.99. The molecular weight excluding hydrogens is 458 g/mol. The molecule has 0 saturated heterocycles. The lowest BCUT2D eigenvalue weighted by atomic mass is 10.1. The first-order valence-electron chi connectivity index (χ1n) is 10.3. The van der Waals surface area contributed by atoms with E-state index in [1.54, 1.807) is 43.3 Å². The molecule has 2 N–H and O–H groups in total. The van der Waals surface area contributed by atoms with E-state index in [1.165, 1.54) is 4.57 Å². The number of nitrogens with zero attached hydrogens (tertiary/aromatic N) is 3. The van der Waals surface area contributed by atoms with E-state index < -0.39 is 0 Å². The van der Waals surface area contributed by atoms with Gasteiger partial charge in [0, 0.05) is 55.8 Å². The summed E-state index contributed by atoms with van der Waals surface area (Å²) in [5.74, 6) is -0.273. The number of rotatable bonds is 8. The molecule has 0 spiro atoms. The van der Waals surface area contributed by atoms with Gasteiger partial charge in [-0.25, -0.2) is 4.98 Å². The van der Waals surface area contributed by atoms with Crippen molar-refractivity contribution in [3.8, 4) is 0 Å². The Morgan fingerprint density at radius 1 is 1.24 bits per heavy atom. The van der Waals surface area contributed by atoms with Crippen LogP contribution in [0.2, 0.25) is 0 Å².